The molecule has 0 radical (unpaired) electrons. The third-order valence-electron chi connectivity index (χ3n) is 5.68. The van der Waals surface area contributed by atoms with E-state index in [0.29, 0.717) is 32.7 Å². The lowest BCUT2D eigenvalue weighted by Crippen LogP contribution is -2.25. The van der Waals surface area contributed by atoms with Crippen molar-refractivity contribution in [1.29, 1.82) is 0 Å². The normalized spacial score (nSPS) is 16.6. The minimum absolute atomic E-state index is 0.0940. The third-order valence-corrected chi connectivity index (χ3v) is 5.68. The van der Waals surface area contributed by atoms with Gasteiger partial charge in [-0.15, -0.1) is 6.58 Å². The van der Waals surface area contributed by atoms with Gasteiger partial charge in [0.2, 0.25) is 5.91 Å². The van der Waals surface area contributed by atoms with Gasteiger partial charge < -0.3 is 14.2 Å². The molecule has 0 spiro atoms. The van der Waals surface area contributed by atoms with E-state index in [1.54, 1.807) is 6.08 Å². The Balaban J connectivity index is 1.56. The van der Waals surface area contributed by atoms with Crippen molar-refractivity contribution in [3.63, 3.8) is 0 Å². The molecule has 5 heteroatoms. The number of benzene rings is 2. The summed E-state index contributed by atoms with van der Waals surface area (Å²) >= 11 is 0. The second kappa shape index (κ2) is 8.11. The first-order valence-electron chi connectivity index (χ1n) is 10.1. The molecule has 3 aromatic rings. The molecule has 0 bridgehead atoms. The van der Waals surface area contributed by atoms with Gasteiger partial charge in [0, 0.05) is 25.4 Å². The number of hydrogen-bond donors (Lipinski definition) is 0. The lowest BCUT2D eigenvalue weighted by atomic mass is 10.1. The second-order valence-corrected chi connectivity index (χ2v) is 7.69. The van der Waals surface area contributed by atoms with Crippen LogP contribution in [0.5, 0.6) is 5.75 Å². The number of likely N-dealkylation sites (tertiary alicyclic amines) is 1. The standard InChI is InChI=1S/C24H27N3O2/c1-4-11-26-16-19(15-23(26)28)24-25-21-7-5-6-8-22(21)27(24)12-13-29-20-10-9-17(2)18(3)14-20/h4-10,14,19H,1,11-13,15-16H2,2-3H3/t19-/m0/s1. The molecule has 2 heterocycles. The van der Waals surface area contributed by atoms with Gasteiger partial charge in [0.1, 0.15) is 18.2 Å². The Morgan fingerprint density at radius 1 is 1.21 bits per heavy atom. The Hall–Kier alpha value is -3.08. The smallest absolute Gasteiger partial charge is 0.223 e. The SMILES string of the molecule is C=CCN1C[C@@H](c2nc3ccccc3n2CCOc2ccc(C)c(C)c2)CC1=O. The molecule has 2 aromatic carbocycles. The monoisotopic (exact) mass is 389 g/mol. The highest BCUT2D eigenvalue weighted by atomic mass is 16.5. The number of imidazole rings is 1. The molecule has 5 nitrogen and oxygen atoms in total. The van der Waals surface area contributed by atoms with Gasteiger partial charge in [0.15, 0.2) is 0 Å². The summed E-state index contributed by atoms with van der Waals surface area (Å²) in [5.74, 6) is 2.11. The number of hydrogen-bond acceptors (Lipinski definition) is 3. The van der Waals surface area contributed by atoms with Gasteiger partial charge >= 0.3 is 0 Å². The summed E-state index contributed by atoms with van der Waals surface area (Å²) in [6.45, 7) is 10.5. The molecule has 4 rings (SSSR count). The van der Waals surface area contributed by atoms with E-state index in [1.807, 2.05) is 29.2 Å². The van der Waals surface area contributed by atoms with Crippen molar-refractivity contribution in [2.45, 2.75) is 32.7 Å². The number of nitrogens with zero attached hydrogens (tertiary/aromatic N) is 3. The van der Waals surface area contributed by atoms with Crippen LogP contribution in [0.3, 0.4) is 0 Å². The van der Waals surface area contributed by atoms with Crippen molar-refractivity contribution in [3.8, 4) is 5.75 Å². The van der Waals surface area contributed by atoms with Gasteiger partial charge in [0.25, 0.3) is 0 Å². The van der Waals surface area contributed by atoms with Crippen molar-refractivity contribution in [2.75, 3.05) is 19.7 Å². The fourth-order valence-corrected chi connectivity index (χ4v) is 3.98. The second-order valence-electron chi connectivity index (χ2n) is 7.69. The van der Waals surface area contributed by atoms with Crippen LogP contribution < -0.4 is 4.74 Å². The Kier molecular flexibility index (Phi) is 5.38. The minimum Gasteiger partial charge on any atom is -0.492 e. The lowest BCUT2D eigenvalue weighted by Gasteiger charge is -2.16. The molecule has 0 aliphatic carbocycles. The highest BCUT2D eigenvalue weighted by Crippen LogP contribution is 2.30. The van der Waals surface area contributed by atoms with Gasteiger partial charge in [-0.2, -0.15) is 0 Å². The third kappa shape index (κ3) is 3.90. The summed E-state index contributed by atoms with van der Waals surface area (Å²) in [5, 5.41) is 0. The largest absolute Gasteiger partial charge is 0.492 e. The maximum Gasteiger partial charge on any atom is 0.223 e. The van der Waals surface area contributed by atoms with Crippen LogP contribution in [0.25, 0.3) is 11.0 Å². The summed E-state index contributed by atoms with van der Waals surface area (Å²) in [7, 11) is 0. The predicted octanol–water partition coefficient (Wildman–Crippen LogP) is 4.23. The fraction of sp³-hybridized carbons (Fsp3) is 0.333. The zero-order valence-corrected chi connectivity index (χ0v) is 17.1. The predicted molar refractivity (Wildman–Crippen MR) is 115 cm³/mol. The summed E-state index contributed by atoms with van der Waals surface area (Å²) in [6.07, 6.45) is 2.27. The summed E-state index contributed by atoms with van der Waals surface area (Å²) < 4.78 is 8.24. The van der Waals surface area contributed by atoms with Crippen LogP contribution in [0, 0.1) is 13.8 Å². The average Bonchev–Trinajstić information content (AvgIpc) is 3.26. The number of aromatic nitrogens is 2. The number of aryl methyl sites for hydroxylation is 2. The zero-order chi connectivity index (χ0) is 20.4. The van der Waals surface area contributed by atoms with Crippen molar-refractivity contribution < 1.29 is 9.53 Å². The molecular formula is C24H27N3O2. The quantitative estimate of drug-likeness (QED) is 0.568. The topological polar surface area (TPSA) is 47.4 Å². The Labute approximate surface area is 171 Å². The molecular weight excluding hydrogens is 362 g/mol. The summed E-state index contributed by atoms with van der Waals surface area (Å²) in [5.41, 5.74) is 4.53. The Bertz CT molecular complexity index is 1050. The highest BCUT2D eigenvalue weighted by molar-refractivity contribution is 5.81. The molecule has 0 N–H and O–H groups in total. The number of carbonyl (C=O) groups is 1. The van der Waals surface area contributed by atoms with E-state index in [-0.39, 0.29) is 11.8 Å². The molecule has 1 aliphatic rings. The Morgan fingerprint density at radius 2 is 2.03 bits per heavy atom. The van der Waals surface area contributed by atoms with E-state index in [9.17, 15) is 4.79 Å². The highest BCUT2D eigenvalue weighted by Gasteiger charge is 2.33. The number of para-hydroxylation sites is 2. The first-order chi connectivity index (χ1) is 14.1. The first kappa shape index (κ1) is 19.2. The molecule has 1 saturated heterocycles. The number of fused-ring (bicyclic) bond motifs is 1. The number of ether oxygens (including phenoxy) is 1. The van der Waals surface area contributed by atoms with E-state index in [2.05, 4.69) is 43.2 Å². The van der Waals surface area contributed by atoms with Crippen LogP contribution in [0.4, 0.5) is 0 Å². The van der Waals surface area contributed by atoms with Crippen LogP contribution in [-0.4, -0.2) is 40.1 Å². The van der Waals surface area contributed by atoms with Crippen molar-refractivity contribution in [3.05, 3.63) is 72.1 Å². The van der Waals surface area contributed by atoms with Gasteiger partial charge in [-0.1, -0.05) is 24.3 Å². The first-order valence-corrected chi connectivity index (χ1v) is 10.1. The lowest BCUT2D eigenvalue weighted by molar-refractivity contribution is -0.127. The van der Waals surface area contributed by atoms with Crippen LogP contribution >= 0.6 is 0 Å². The van der Waals surface area contributed by atoms with Gasteiger partial charge in [-0.25, -0.2) is 4.98 Å². The molecule has 29 heavy (non-hydrogen) atoms. The maximum absolute atomic E-state index is 12.3. The minimum atomic E-state index is 0.0940. The molecule has 1 amide bonds. The van der Waals surface area contributed by atoms with Crippen LogP contribution in [-0.2, 0) is 11.3 Å². The molecule has 1 fully saturated rings. The summed E-state index contributed by atoms with van der Waals surface area (Å²) in [6, 6.07) is 14.3. The van der Waals surface area contributed by atoms with Crippen LogP contribution in [0.15, 0.2) is 55.1 Å². The van der Waals surface area contributed by atoms with Crippen molar-refractivity contribution in [1.82, 2.24) is 14.5 Å². The van der Waals surface area contributed by atoms with E-state index >= 15 is 0 Å². The van der Waals surface area contributed by atoms with Gasteiger partial charge in [0.05, 0.1) is 17.6 Å². The number of rotatable bonds is 7. The number of amides is 1. The van der Waals surface area contributed by atoms with Crippen molar-refractivity contribution in [2.24, 2.45) is 0 Å². The van der Waals surface area contributed by atoms with Crippen LogP contribution in [0.1, 0.15) is 29.3 Å². The Morgan fingerprint density at radius 3 is 2.83 bits per heavy atom. The average molecular weight is 389 g/mol. The zero-order valence-electron chi connectivity index (χ0n) is 17.1. The molecule has 150 valence electrons. The molecule has 0 saturated carbocycles. The van der Waals surface area contributed by atoms with Crippen molar-refractivity contribution >= 4 is 16.9 Å². The van der Waals surface area contributed by atoms with E-state index in [1.165, 1.54) is 11.1 Å². The van der Waals surface area contributed by atoms with Gasteiger partial charge in [-0.05, 0) is 49.2 Å². The van der Waals surface area contributed by atoms with E-state index < -0.39 is 0 Å². The fourth-order valence-electron chi connectivity index (χ4n) is 3.98. The van der Waals surface area contributed by atoms with E-state index in [4.69, 9.17) is 9.72 Å². The molecule has 1 atom stereocenters. The summed E-state index contributed by atoms with van der Waals surface area (Å²) in [4.78, 5) is 19.1. The van der Waals surface area contributed by atoms with Gasteiger partial charge in [-0.3, -0.25) is 4.79 Å². The van der Waals surface area contributed by atoms with E-state index in [0.717, 1.165) is 22.6 Å². The molecule has 1 aromatic heterocycles. The molecule has 1 aliphatic heterocycles. The number of carbonyl (C=O) groups excluding carboxylic acids is 1. The van der Waals surface area contributed by atoms with Crippen LogP contribution in [0.2, 0.25) is 0 Å². The molecule has 0 unspecified atom stereocenters. The maximum atomic E-state index is 12.3.